The molecule has 0 aliphatic carbocycles. The van der Waals surface area contributed by atoms with Crippen LogP contribution in [0, 0.1) is 17.4 Å². The highest BCUT2D eigenvalue weighted by Crippen LogP contribution is 2.17. The number of rotatable bonds is 12. The van der Waals surface area contributed by atoms with Gasteiger partial charge < -0.3 is 4.74 Å². The smallest absolute Gasteiger partial charge is 0.324 e. The molecule has 110 valence electrons. The fourth-order valence-electron chi connectivity index (χ4n) is 1.98. The van der Waals surface area contributed by atoms with Gasteiger partial charge in [-0.25, -0.2) is 0 Å². The van der Waals surface area contributed by atoms with Crippen LogP contribution in [0.15, 0.2) is 0 Å². The highest BCUT2D eigenvalue weighted by atomic mass is 17.2. The first-order valence-electron chi connectivity index (χ1n) is 7.01. The van der Waals surface area contributed by atoms with E-state index in [1.54, 1.807) is 0 Å². The molecular formula is C14H25NO4. The minimum absolute atomic E-state index is 0.168. The number of carbonyl (C=O) groups is 1. The van der Waals surface area contributed by atoms with E-state index < -0.39 is 0 Å². The largest absolute Gasteiger partial charge is 0.469 e. The number of hydrogen-bond acceptors (Lipinski definition) is 5. The number of hydrogen-bond donors (Lipinski definition) is 0. The second-order valence-corrected chi connectivity index (χ2v) is 4.56. The summed E-state index contributed by atoms with van der Waals surface area (Å²) in [5.41, 5.74) is 0. The molecule has 5 nitrogen and oxygen atoms in total. The maximum atomic E-state index is 11.6. The standard InChI is InChI=1S/C14H25NO4/c1-3-4-5-6-7-8-9-13(14(16)17-2)10-11-18-19-12-15/h13H,3-11H2,1-2H3. The number of nitrogens with zero attached hydrogens (tertiary/aromatic N) is 1. The summed E-state index contributed by atoms with van der Waals surface area (Å²) in [4.78, 5) is 20.3. The predicted octanol–water partition coefficient (Wildman–Crippen LogP) is 3.35. The van der Waals surface area contributed by atoms with Gasteiger partial charge in [-0.15, -0.1) is 5.26 Å². The van der Waals surface area contributed by atoms with Crippen LogP contribution in [0.4, 0.5) is 0 Å². The van der Waals surface area contributed by atoms with Gasteiger partial charge in [0.15, 0.2) is 0 Å². The molecule has 19 heavy (non-hydrogen) atoms. The normalized spacial score (nSPS) is 11.6. The molecule has 5 heteroatoms. The van der Waals surface area contributed by atoms with Crippen LogP contribution in [0.3, 0.4) is 0 Å². The molecule has 0 aromatic heterocycles. The van der Waals surface area contributed by atoms with Crippen molar-refractivity contribution >= 4 is 5.97 Å². The van der Waals surface area contributed by atoms with E-state index in [1.165, 1.54) is 39.0 Å². The molecule has 0 heterocycles. The molecular weight excluding hydrogens is 246 g/mol. The summed E-state index contributed by atoms with van der Waals surface area (Å²) in [6.45, 7) is 2.42. The maximum Gasteiger partial charge on any atom is 0.324 e. The summed E-state index contributed by atoms with van der Waals surface area (Å²) in [6, 6.07) is 0. The van der Waals surface area contributed by atoms with Gasteiger partial charge in [0.05, 0.1) is 19.6 Å². The summed E-state index contributed by atoms with van der Waals surface area (Å²) in [5, 5.41) is 8.14. The second-order valence-electron chi connectivity index (χ2n) is 4.56. The number of ether oxygens (including phenoxy) is 1. The zero-order valence-electron chi connectivity index (χ0n) is 12.0. The molecule has 0 spiro atoms. The van der Waals surface area contributed by atoms with Crippen molar-refractivity contribution in [2.45, 2.75) is 58.3 Å². The van der Waals surface area contributed by atoms with Crippen LogP contribution < -0.4 is 0 Å². The predicted molar refractivity (Wildman–Crippen MR) is 70.8 cm³/mol. The molecule has 0 saturated carbocycles. The third-order valence-electron chi connectivity index (χ3n) is 3.09. The van der Waals surface area contributed by atoms with Crippen molar-refractivity contribution in [1.29, 1.82) is 5.26 Å². The molecule has 0 saturated heterocycles. The quantitative estimate of drug-likeness (QED) is 0.179. The lowest BCUT2D eigenvalue weighted by Crippen LogP contribution is -2.18. The number of nitriles is 1. The van der Waals surface area contributed by atoms with Crippen molar-refractivity contribution in [3.05, 3.63) is 0 Å². The summed E-state index contributed by atoms with van der Waals surface area (Å²) in [7, 11) is 1.39. The second kappa shape index (κ2) is 13.2. The summed E-state index contributed by atoms with van der Waals surface area (Å²) in [6.07, 6.45) is 9.89. The van der Waals surface area contributed by atoms with E-state index >= 15 is 0 Å². The Balaban J connectivity index is 3.75. The molecule has 0 bridgehead atoms. The topological polar surface area (TPSA) is 68.5 Å². The number of methoxy groups -OCH3 is 1. The van der Waals surface area contributed by atoms with Crippen molar-refractivity contribution in [3.8, 4) is 6.26 Å². The van der Waals surface area contributed by atoms with E-state index in [2.05, 4.69) is 16.7 Å². The summed E-state index contributed by atoms with van der Waals surface area (Å²) >= 11 is 0. The van der Waals surface area contributed by atoms with E-state index in [1.807, 2.05) is 0 Å². The Morgan fingerprint density at radius 2 is 1.84 bits per heavy atom. The molecule has 0 aromatic rings. The van der Waals surface area contributed by atoms with Crippen molar-refractivity contribution in [2.75, 3.05) is 13.7 Å². The monoisotopic (exact) mass is 271 g/mol. The van der Waals surface area contributed by atoms with Crippen LogP contribution in [0.1, 0.15) is 58.3 Å². The van der Waals surface area contributed by atoms with Gasteiger partial charge in [-0.2, -0.15) is 4.89 Å². The molecule has 0 radical (unpaired) electrons. The Bertz CT molecular complexity index is 263. The van der Waals surface area contributed by atoms with Gasteiger partial charge >= 0.3 is 12.2 Å². The Labute approximate surface area is 115 Å². The third kappa shape index (κ3) is 10.3. The van der Waals surface area contributed by atoms with E-state index in [9.17, 15) is 4.79 Å². The van der Waals surface area contributed by atoms with Crippen LogP contribution in [0.5, 0.6) is 0 Å². The molecule has 0 amide bonds. The lowest BCUT2D eigenvalue weighted by Gasteiger charge is -2.13. The van der Waals surface area contributed by atoms with E-state index in [0.717, 1.165) is 19.3 Å². The Morgan fingerprint density at radius 1 is 1.16 bits per heavy atom. The van der Waals surface area contributed by atoms with Gasteiger partial charge in [0.1, 0.15) is 0 Å². The van der Waals surface area contributed by atoms with Crippen LogP contribution in [-0.2, 0) is 19.3 Å². The van der Waals surface area contributed by atoms with Crippen molar-refractivity contribution in [2.24, 2.45) is 5.92 Å². The first-order valence-corrected chi connectivity index (χ1v) is 7.01. The number of carbonyl (C=O) groups excluding carboxylic acids is 1. The van der Waals surface area contributed by atoms with Gasteiger partial charge in [-0.05, 0) is 12.8 Å². The van der Waals surface area contributed by atoms with E-state index in [4.69, 9.17) is 10.00 Å². The minimum Gasteiger partial charge on any atom is -0.469 e. The van der Waals surface area contributed by atoms with Gasteiger partial charge in [0, 0.05) is 0 Å². The highest BCUT2D eigenvalue weighted by molar-refractivity contribution is 5.72. The third-order valence-corrected chi connectivity index (χ3v) is 3.09. The van der Waals surface area contributed by atoms with Gasteiger partial charge in [-0.1, -0.05) is 45.4 Å². The van der Waals surface area contributed by atoms with Crippen molar-refractivity contribution < 1.29 is 19.3 Å². The average Bonchev–Trinajstić information content (AvgIpc) is 2.44. The fourth-order valence-corrected chi connectivity index (χ4v) is 1.98. The lowest BCUT2D eigenvalue weighted by atomic mass is 9.97. The molecule has 0 aliphatic rings. The van der Waals surface area contributed by atoms with Gasteiger partial charge in [-0.3, -0.25) is 9.68 Å². The van der Waals surface area contributed by atoms with Crippen LogP contribution >= 0.6 is 0 Å². The van der Waals surface area contributed by atoms with E-state index in [0.29, 0.717) is 6.42 Å². The Morgan fingerprint density at radius 3 is 2.47 bits per heavy atom. The minimum atomic E-state index is -0.214. The summed E-state index contributed by atoms with van der Waals surface area (Å²) < 4.78 is 4.76. The SMILES string of the molecule is CCCCCCCCC(CCOOC#N)C(=O)OC. The fraction of sp³-hybridized carbons (Fsp3) is 0.857. The molecule has 0 N–H and O–H groups in total. The molecule has 1 atom stereocenters. The molecule has 0 rings (SSSR count). The Kier molecular flexibility index (Phi) is 12.3. The first kappa shape index (κ1) is 17.7. The van der Waals surface area contributed by atoms with Gasteiger partial charge in [0.25, 0.3) is 0 Å². The van der Waals surface area contributed by atoms with Crippen molar-refractivity contribution in [3.63, 3.8) is 0 Å². The summed E-state index contributed by atoms with van der Waals surface area (Å²) in [5.74, 6) is -0.382. The van der Waals surface area contributed by atoms with E-state index in [-0.39, 0.29) is 18.5 Å². The molecule has 0 aromatic carbocycles. The van der Waals surface area contributed by atoms with Crippen molar-refractivity contribution in [1.82, 2.24) is 0 Å². The molecule has 1 unspecified atom stereocenters. The van der Waals surface area contributed by atoms with Gasteiger partial charge in [0.2, 0.25) is 0 Å². The molecule has 0 aliphatic heterocycles. The maximum absolute atomic E-state index is 11.6. The van der Waals surface area contributed by atoms with Crippen LogP contribution in [-0.4, -0.2) is 19.7 Å². The first-order chi connectivity index (χ1) is 9.26. The van der Waals surface area contributed by atoms with Crippen LogP contribution in [0.25, 0.3) is 0 Å². The number of esters is 1. The zero-order chi connectivity index (χ0) is 14.3. The van der Waals surface area contributed by atoms with Crippen LogP contribution in [0.2, 0.25) is 0 Å². The lowest BCUT2D eigenvalue weighted by molar-refractivity contribution is -0.240. The Hall–Kier alpha value is -1.28. The average molecular weight is 271 g/mol. The number of unbranched alkanes of at least 4 members (excludes halogenated alkanes) is 5. The molecule has 0 fully saturated rings. The zero-order valence-corrected chi connectivity index (χ0v) is 12.0. The highest BCUT2D eigenvalue weighted by Gasteiger charge is 2.18.